The van der Waals surface area contributed by atoms with Crippen LogP contribution in [0, 0.1) is 5.41 Å². The zero-order chi connectivity index (χ0) is 14.2. The number of hydrogen-bond donors (Lipinski definition) is 2. The maximum atomic E-state index is 11.8. The zero-order valence-corrected chi connectivity index (χ0v) is 13.4. The van der Waals surface area contributed by atoms with Gasteiger partial charge in [-0.15, -0.1) is 0 Å². The van der Waals surface area contributed by atoms with Gasteiger partial charge in [0.05, 0.1) is 5.75 Å². The van der Waals surface area contributed by atoms with Crippen molar-refractivity contribution >= 4 is 10.0 Å². The fourth-order valence-electron chi connectivity index (χ4n) is 1.31. The normalized spacial score (nSPS) is 13.2. The van der Waals surface area contributed by atoms with Crippen LogP contribution in [0.3, 0.4) is 0 Å². The SMILES string of the molecule is CCC(C)(C)CNS(=O)(=O)CCCCNC(C)C. The third kappa shape index (κ3) is 9.85. The van der Waals surface area contributed by atoms with E-state index in [1.54, 1.807) is 0 Å². The van der Waals surface area contributed by atoms with Crippen molar-refractivity contribution < 1.29 is 8.42 Å². The topological polar surface area (TPSA) is 58.2 Å². The highest BCUT2D eigenvalue weighted by Crippen LogP contribution is 2.18. The summed E-state index contributed by atoms with van der Waals surface area (Å²) < 4.78 is 26.2. The lowest BCUT2D eigenvalue weighted by Crippen LogP contribution is -2.35. The van der Waals surface area contributed by atoms with Crippen molar-refractivity contribution in [3.05, 3.63) is 0 Å². The molecule has 18 heavy (non-hydrogen) atoms. The minimum Gasteiger partial charge on any atom is -0.315 e. The first-order valence-electron chi connectivity index (χ1n) is 6.89. The Kier molecular flexibility index (Phi) is 8.06. The number of rotatable bonds is 10. The van der Waals surface area contributed by atoms with E-state index in [9.17, 15) is 8.42 Å². The highest BCUT2D eigenvalue weighted by Gasteiger charge is 2.18. The molecule has 0 aromatic heterocycles. The highest BCUT2D eigenvalue weighted by molar-refractivity contribution is 7.89. The van der Waals surface area contributed by atoms with Gasteiger partial charge in [-0.25, -0.2) is 13.1 Å². The van der Waals surface area contributed by atoms with Crippen LogP contribution in [0.4, 0.5) is 0 Å². The van der Waals surface area contributed by atoms with Crippen molar-refractivity contribution in [3.8, 4) is 0 Å². The van der Waals surface area contributed by atoms with Gasteiger partial charge in [-0.05, 0) is 31.2 Å². The van der Waals surface area contributed by atoms with E-state index < -0.39 is 10.0 Å². The van der Waals surface area contributed by atoms with E-state index in [-0.39, 0.29) is 11.2 Å². The van der Waals surface area contributed by atoms with Gasteiger partial charge in [0.2, 0.25) is 10.0 Å². The molecule has 0 aliphatic rings. The molecular weight excluding hydrogens is 248 g/mol. The molecule has 0 saturated carbocycles. The predicted octanol–water partition coefficient (Wildman–Crippen LogP) is 2.12. The summed E-state index contributed by atoms with van der Waals surface area (Å²) in [4.78, 5) is 0. The summed E-state index contributed by atoms with van der Waals surface area (Å²) in [7, 11) is -3.10. The first-order chi connectivity index (χ1) is 8.18. The average molecular weight is 278 g/mol. The molecule has 0 atom stereocenters. The number of hydrogen-bond acceptors (Lipinski definition) is 3. The summed E-state index contributed by atoms with van der Waals surface area (Å²) in [6.45, 7) is 11.8. The second-order valence-electron chi connectivity index (χ2n) is 5.97. The summed E-state index contributed by atoms with van der Waals surface area (Å²) in [6, 6.07) is 0.463. The molecule has 5 heteroatoms. The summed E-state index contributed by atoms with van der Waals surface area (Å²) in [5, 5.41) is 3.28. The molecule has 0 amide bonds. The van der Waals surface area contributed by atoms with Crippen molar-refractivity contribution in [2.75, 3.05) is 18.8 Å². The molecule has 0 bridgehead atoms. The Balaban J connectivity index is 3.81. The van der Waals surface area contributed by atoms with E-state index >= 15 is 0 Å². The van der Waals surface area contributed by atoms with E-state index in [0.717, 1.165) is 19.4 Å². The maximum Gasteiger partial charge on any atom is 0.211 e. The predicted molar refractivity (Wildman–Crippen MR) is 78.2 cm³/mol. The standard InChI is InChI=1S/C13H30N2O2S/c1-6-13(4,5)11-15-18(16,17)10-8-7-9-14-12(2)3/h12,14-15H,6-11H2,1-5H3. The average Bonchev–Trinajstić information content (AvgIpc) is 2.26. The van der Waals surface area contributed by atoms with Crippen molar-refractivity contribution in [1.29, 1.82) is 0 Å². The van der Waals surface area contributed by atoms with Crippen molar-refractivity contribution in [2.24, 2.45) is 5.41 Å². The Hall–Kier alpha value is -0.130. The second kappa shape index (κ2) is 8.12. The summed E-state index contributed by atoms with van der Waals surface area (Å²) >= 11 is 0. The zero-order valence-electron chi connectivity index (χ0n) is 12.5. The first-order valence-corrected chi connectivity index (χ1v) is 8.54. The number of sulfonamides is 1. The molecule has 0 saturated heterocycles. The van der Waals surface area contributed by atoms with Crippen LogP contribution in [0.2, 0.25) is 0 Å². The molecule has 0 radical (unpaired) electrons. The molecule has 0 aromatic rings. The van der Waals surface area contributed by atoms with Crippen LogP contribution in [-0.2, 0) is 10.0 Å². The number of unbranched alkanes of at least 4 members (excludes halogenated alkanes) is 1. The fourth-order valence-corrected chi connectivity index (χ4v) is 2.65. The Morgan fingerprint density at radius 1 is 1.17 bits per heavy atom. The first kappa shape index (κ1) is 17.9. The van der Waals surface area contributed by atoms with Crippen LogP contribution in [-0.4, -0.2) is 33.3 Å². The van der Waals surface area contributed by atoms with Crippen molar-refractivity contribution in [3.63, 3.8) is 0 Å². The Labute approximate surface area is 113 Å². The quantitative estimate of drug-likeness (QED) is 0.602. The smallest absolute Gasteiger partial charge is 0.211 e. The van der Waals surface area contributed by atoms with Gasteiger partial charge < -0.3 is 5.32 Å². The molecule has 0 heterocycles. The molecule has 0 fully saturated rings. The van der Waals surface area contributed by atoms with Gasteiger partial charge in [0.15, 0.2) is 0 Å². The van der Waals surface area contributed by atoms with Crippen LogP contribution >= 0.6 is 0 Å². The second-order valence-corrected chi connectivity index (χ2v) is 7.90. The third-order valence-corrected chi connectivity index (χ3v) is 4.53. The van der Waals surface area contributed by atoms with Crippen LogP contribution in [0.1, 0.15) is 53.9 Å². The Morgan fingerprint density at radius 3 is 2.28 bits per heavy atom. The molecule has 0 unspecified atom stereocenters. The molecular formula is C13H30N2O2S. The van der Waals surface area contributed by atoms with Crippen molar-refractivity contribution in [2.45, 2.75) is 59.9 Å². The highest BCUT2D eigenvalue weighted by atomic mass is 32.2. The molecule has 0 aromatic carbocycles. The van der Waals surface area contributed by atoms with E-state index in [4.69, 9.17) is 0 Å². The van der Waals surface area contributed by atoms with Crippen LogP contribution in [0.15, 0.2) is 0 Å². The monoisotopic (exact) mass is 278 g/mol. The van der Waals surface area contributed by atoms with Crippen LogP contribution in [0.25, 0.3) is 0 Å². The van der Waals surface area contributed by atoms with Gasteiger partial charge in [0.25, 0.3) is 0 Å². The minimum absolute atomic E-state index is 0.0340. The van der Waals surface area contributed by atoms with E-state index in [0.29, 0.717) is 19.0 Å². The maximum absolute atomic E-state index is 11.8. The van der Waals surface area contributed by atoms with E-state index in [2.05, 4.69) is 44.7 Å². The molecule has 0 aliphatic carbocycles. The van der Waals surface area contributed by atoms with Crippen molar-refractivity contribution in [1.82, 2.24) is 10.0 Å². The van der Waals surface area contributed by atoms with Gasteiger partial charge in [-0.2, -0.15) is 0 Å². The lowest BCUT2D eigenvalue weighted by molar-refractivity contribution is 0.350. The lowest BCUT2D eigenvalue weighted by atomic mass is 9.91. The molecule has 0 spiro atoms. The fraction of sp³-hybridized carbons (Fsp3) is 1.00. The van der Waals surface area contributed by atoms with Gasteiger partial charge in [-0.1, -0.05) is 34.6 Å². The third-order valence-electron chi connectivity index (χ3n) is 3.12. The van der Waals surface area contributed by atoms with Gasteiger partial charge in [0.1, 0.15) is 0 Å². The Bertz CT molecular complexity index is 311. The van der Waals surface area contributed by atoms with Crippen LogP contribution in [0.5, 0.6) is 0 Å². The Morgan fingerprint density at radius 2 is 1.78 bits per heavy atom. The number of nitrogens with one attached hydrogen (secondary N) is 2. The molecule has 4 nitrogen and oxygen atoms in total. The van der Waals surface area contributed by atoms with Gasteiger partial charge in [-0.3, -0.25) is 0 Å². The summed E-state index contributed by atoms with van der Waals surface area (Å²) in [5.74, 6) is 0.229. The molecule has 0 aliphatic heterocycles. The van der Waals surface area contributed by atoms with E-state index in [1.807, 2.05) is 0 Å². The molecule has 2 N–H and O–H groups in total. The van der Waals surface area contributed by atoms with Gasteiger partial charge >= 0.3 is 0 Å². The minimum atomic E-state index is -3.10. The van der Waals surface area contributed by atoms with E-state index in [1.165, 1.54) is 0 Å². The summed E-state index contributed by atoms with van der Waals surface area (Å²) in [5.41, 5.74) is 0.0340. The molecule has 110 valence electrons. The summed E-state index contributed by atoms with van der Waals surface area (Å²) in [6.07, 6.45) is 2.58. The van der Waals surface area contributed by atoms with Crippen LogP contribution < -0.4 is 10.0 Å². The molecule has 0 rings (SSSR count). The van der Waals surface area contributed by atoms with Gasteiger partial charge in [0, 0.05) is 12.6 Å². The largest absolute Gasteiger partial charge is 0.315 e. The lowest BCUT2D eigenvalue weighted by Gasteiger charge is -2.22.